The number of aryl methyl sites for hydroxylation is 2. The molecule has 0 radical (unpaired) electrons. The van der Waals surface area contributed by atoms with Gasteiger partial charge in [0.2, 0.25) is 0 Å². The van der Waals surface area contributed by atoms with Gasteiger partial charge >= 0.3 is 0 Å². The van der Waals surface area contributed by atoms with Crippen molar-refractivity contribution in [3.8, 4) is 0 Å². The molecule has 20 heavy (non-hydrogen) atoms. The number of nitrogens with zero attached hydrogens (tertiary/aromatic N) is 2. The van der Waals surface area contributed by atoms with Crippen molar-refractivity contribution in [2.24, 2.45) is 18.7 Å². The molecular weight excluding hydrogens is 246 g/mol. The molecule has 3 rings (SSSR count). The Labute approximate surface area is 121 Å². The first-order chi connectivity index (χ1) is 9.63. The van der Waals surface area contributed by atoms with Gasteiger partial charge in [-0.05, 0) is 44.4 Å². The summed E-state index contributed by atoms with van der Waals surface area (Å²) < 4.78 is 2.33. The van der Waals surface area contributed by atoms with Crippen LogP contribution >= 0.6 is 0 Å². The van der Waals surface area contributed by atoms with Gasteiger partial charge in [-0.2, -0.15) is 0 Å². The van der Waals surface area contributed by atoms with Gasteiger partial charge in [0, 0.05) is 42.8 Å². The van der Waals surface area contributed by atoms with Gasteiger partial charge in [0.25, 0.3) is 0 Å². The second-order valence-electron chi connectivity index (χ2n) is 6.20. The van der Waals surface area contributed by atoms with Crippen LogP contribution < -0.4 is 5.73 Å². The molecule has 1 aromatic carbocycles. The average Bonchev–Trinajstić information content (AvgIpc) is 3.25. The van der Waals surface area contributed by atoms with Crippen LogP contribution in [-0.4, -0.2) is 29.1 Å². The van der Waals surface area contributed by atoms with Gasteiger partial charge in [-0.25, -0.2) is 0 Å². The summed E-state index contributed by atoms with van der Waals surface area (Å²) in [5.41, 5.74) is 10.1. The van der Waals surface area contributed by atoms with Gasteiger partial charge in [-0.15, -0.1) is 0 Å². The van der Waals surface area contributed by atoms with Crippen LogP contribution in [0, 0.1) is 12.8 Å². The largest absolute Gasteiger partial charge is 0.346 e. The lowest BCUT2D eigenvalue weighted by molar-refractivity contribution is 0.211. The number of fused-ring (bicyclic) bond motifs is 1. The second-order valence-corrected chi connectivity index (χ2v) is 6.20. The van der Waals surface area contributed by atoms with Crippen LogP contribution in [-0.2, 0) is 13.6 Å². The van der Waals surface area contributed by atoms with Crippen LogP contribution in [0.1, 0.15) is 24.1 Å². The molecule has 1 fully saturated rings. The summed E-state index contributed by atoms with van der Waals surface area (Å²) >= 11 is 0. The molecule has 1 heterocycles. The van der Waals surface area contributed by atoms with Crippen LogP contribution in [0.25, 0.3) is 10.9 Å². The molecule has 1 atom stereocenters. The molecule has 2 aromatic rings. The van der Waals surface area contributed by atoms with Crippen molar-refractivity contribution in [1.29, 1.82) is 0 Å². The first-order valence-electron chi connectivity index (χ1n) is 7.56. The predicted molar refractivity (Wildman–Crippen MR) is 84.7 cm³/mol. The van der Waals surface area contributed by atoms with Crippen molar-refractivity contribution >= 4 is 10.9 Å². The molecule has 0 aliphatic heterocycles. The molecule has 2 N–H and O–H groups in total. The Kier molecular flexibility index (Phi) is 3.57. The first kappa shape index (κ1) is 13.7. The minimum atomic E-state index is 0.535. The molecule has 3 heteroatoms. The monoisotopic (exact) mass is 271 g/mol. The van der Waals surface area contributed by atoms with Crippen LogP contribution in [0.2, 0.25) is 0 Å². The third-order valence-electron chi connectivity index (χ3n) is 4.88. The maximum atomic E-state index is 5.97. The summed E-state index contributed by atoms with van der Waals surface area (Å²) in [5.74, 6) is 0.819. The zero-order valence-electron chi connectivity index (χ0n) is 12.8. The minimum absolute atomic E-state index is 0.535. The van der Waals surface area contributed by atoms with Crippen LogP contribution in [0.3, 0.4) is 0 Å². The molecule has 1 saturated carbocycles. The van der Waals surface area contributed by atoms with Gasteiger partial charge in [0.1, 0.15) is 0 Å². The van der Waals surface area contributed by atoms with Crippen molar-refractivity contribution in [2.75, 3.05) is 13.6 Å². The van der Waals surface area contributed by atoms with E-state index in [0.29, 0.717) is 6.04 Å². The fraction of sp³-hybridized carbons (Fsp3) is 0.529. The molecule has 0 saturated heterocycles. The molecule has 3 nitrogen and oxygen atoms in total. The van der Waals surface area contributed by atoms with E-state index in [9.17, 15) is 0 Å². The zero-order valence-corrected chi connectivity index (χ0v) is 12.8. The topological polar surface area (TPSA) is 34.2 Å². The molecule has 0 bridgehead atoms. The van der Waals surface area contributed by atoms with Crippen molar-refractivity contribution < 1.29 is 0 Å². The van der Waals surface area contributed by atoms with Gasteiger partial charge in [-0.1, -0.05) is 18.2 Å². The lowest BCUT2D eigenvalue weighted by Gasteiger charge is -2.27. The molecular formula is C17H25N3. The molecule has 1 aliphatic carbocycles. The van der Waals surface area contributed by atoms with E-state index in [1.54, 1.807) is 0 Å². The first-order valence-corrected chi connectivity index (χ1v) is 7.56. The van der Waals surface area contributed by atoms with Crippen LogP contribution in [0.5, 0.6) is 0 Å². The Hall–Kier alpha value is -1.32. The summed E-state index contributed by atoms with van der Waals surface area (Å²) in [4.78, 5) is 2.44. The van der Waals surface area contributed by atoms with E-state index in [2.05, 4.69) is 54.8 Å². The summed E-state index contributed by atoms with van der Waals surface area (Å²) in [7, 11) is 4.39. The van der Waals surface area contributed by atoms with E-state index < -0.39 is 0 Å². The third-order valence-corrected chi connectivity index (χ3v) is 4.88. The van der Waals surface area contributed by atoms with Crippen molar-refractivity contribution in [3.05, 3.63) is 35.5 Å². The lowest BCUT2D eigenvalue weighted by atomic mass is 10.1. The van der Waals surface area contributed by atoms with E-state index in [4.69, 9.17) is 5.73 Å². The summed E-state index contributed by atoms with van der Waals surface area (Å²) in [5, 5.41) is 1.37. The highest BCUT2D eigenvalue weighted by atomic mass is 15.2. The second kappa shape index (κ2) is 5.23. The standard InChI is InChI=1S/C17H25N3/c1-12-14-6-4-5-7-15(14)20(3)17(12)11-19(2)16(10-18)13-8-9-13/h4-7,13,16H,8-11,18H2,1-3H3. The highest BCUT2D eigenvalue weighted by Gasteiger charge is 2.33. The molecule has 108 valence electrons. The van der Waals surface area contributed by atoms with E-state index in [1.165, 1.54) is 35.0 Å². The highest BCUT2D eigenvalue weighted by Crippen LogP contribution is 2.35. The SMILES string of the molecule is Cc1c(CN(C)C(CN)C2CC2)n(C)c2ccccc12. The molecule has 0 spiro atoms. The number of likely N-dealkylation sites (N-methyl/N-ethyl adjacent to an activating group) is 1. The van der Waals surface area contributed by atoms with Gasteiger partial charge < -0.3 is 10.3 Å². The Balaban J connectivity index is 1.90. The molecule has 1 aliphatic rings. The quantitative estimate of drug-likeness (QED) is 0.907. The molecule has 0 amide bonds. The van der Waals surface area contributed by atoms with Crippen molar-refractivity contribution in [2.45, 2.75) is 32.4 Å². The Morgan fingerprint density at radius 3 is 2.65 bits per heavy atom. The number of benzene rings is 1. The van der Waals surface area contributed by atoms with Crippen molar-refractivity contribution in [1.82, 2.24) is 9.47 Å². The average molecular weight is 271 g/mol. The third kappa shape index (κ3) is 2.25. The van der Waals surface area contributed by atoms with E-state index in [1.807, 2.05) is 0 Å². The number of hydrogen-bond donors (Lipinski definition) is 1. The number of aromatic nitrogens is 1. The summed E-state index contributed by atoms with van der Waals surface area (Å²) in [6.45, 7) is 3.99. The number of rotatable bonds is 5. The van der Waals surface area contributed by atoms with E-state index >= 15 is 0 Å². The smallest absolute Gasteiger partial charge is 0.0483 e. The fourth-order valence-corrected chi connectivity index (χ4v) is 3.43. The molecule has 1 unspecified atom stereocenters. The van der Waals surface area contributed by atoms with Gasteiger partial charge in [0.15, 0.2) is 0 Å². The lowest BCUT2D eigenvalue weighted by Crippen LogP contribution is -2.39. The van der Waals surface area contributed by atoms with Gasteiger partial charge in [0.05, 0.1) is 0 Å². The van der Waals surface area contributed by atoms with Crippen molar-refractivity contribution in [3.63, 3.8) is 0 Å². The van der Waals surface area contributed by atoms with Crippen LogP contribution in [0.4, 0.5) is 0 Å². The maximum absolute atomic E-state index is 5.97. The predicted octanol–water partition coefficient (Wildman–Crippen LogP) is 2.66. The van der Waals surface area contributed by atoms with E-state index in [-0.39, 0.29) is 0 Å². The number of nitrogens with two attached hydrogens (primary N) is 1. The summed E-state index contributed by atoms with van der Waals surface area (Å²) in [6, 6.07) is 9.19. The maximum Gasteiger partial charge on any atom is 0.0483 e. The van der Waals surface area contributed by atoms with Gasteiger partial charge in [-0.3, -0.25) is 4.90 Å². The number of hydrogen-bond acceptors (Lipinski definition) is 2. The highest BCUT2D eigenvalue weighted by molar-refractivity contribution is 5.85. The summed E-state index contributed by atoms with van der Waals surface area (Å²) in [6.07, 6.45) is 2.70. The Morgan fingerprint density at radius 2 is 2.05 bits per heavy atom. The Bertz CT molecular complexity index is 571. The normalized spacial score (nSPS) is 17.1. The van der Waals surface area contributed by atoms with Crippen LogP contribution in [0.15, 0.2) is 24.3 Å². The van der Waals surface area contributed by atoms with E-state index in [0.717, 1.165) is 19.0 Å². The number of para-hydroxylation sites is 1. The molecule has 1 aromatic heterocycles. The fourth-order valence-electron chi connectivity index (χ4n) is 3.43. The Morgan fingerprint density at radius 1 is 1.35 bits per heavy atom. The zero-order chi connectivity index (χ0) is 14.3. The minimum Gasteiger partial charge on any atom is -0.346 e.